The fourth-order valence-corrected chi connectivity index (χ4v) is 1.17. The number of ether oxygens (including phenoxy) is 2. The first-order valence-electron chi connectivity index (χ1n) is 6.49. The highest BCUT2D eigenvalue weighted by Crippen LogP contribution is 2.06. The molecule has 0 aromatic heterocycles. The van der Waals surface area contributed by atoms with E-state index in [2.05, 4.69) is 5.32 Å². The van der Waals surface area contributed by atoms with Crippen LogP contribution in [-0.4, -0.2) is 38.0 Å². The van der Waals surface area contributed by atoms with Crippen molar-refractivity contribution in [1.29, 1.82) is 0 Å². The number of amides is 1. The van der Waals surface area contributed by atoms with E-state index in [4.69, 9.17) is 15.2 Å². The molecule has 0 radical (unpaired) electrons. The van der Waals surface area contributed by atoms with Crippen molar-refractivity contribution in [2.24, 2.45) is 17.6 Å². The molecule has 5 heteroatoms. The van der Waals surface area contributed by atoms with Crippen LogP contribution >= 0.6 is 0 Å². The lowest BCUT2D eigenvalue weighted by molar-refractivity contribution is 0.0487. The minimum absolute atomic E-state index is 0.252. The summed E-state index contributed by atoms with van der Waals surface area (Å²) < 4.78 is 10.7. The van der Waals surface area contributed by atoms with Crippen molar-refractivity contribution in [2.75, 3.05) is 26.3 Å². The zero-order valence-corrected chi connectivity index (χ0v) is 12.3. The van der Waals surface area contributed by atoms with Crippen LogP contribution in [0.1, 0.15) is 34.6 Å². The molecule has 0 bridgehead atoms. The van der Waals surface area contributed by atoms with Gasteiger partial charge in [-0.05, 0) is 39.2 Å². The van der Waals surface area contributed by atoms with Gasteiger partial charge in [0.05, 0.1) is 13.2 Å². The molecule has 0 saturated carbocycles. The first-order valence-corrected chi connectivity index (χ1v) is 6.49. The Kier molecular flexibility index (Phi) is 7.95. The van der Waals surface area contributed by atoms with E-state index in [0.717, 1.165) is 0 Å². The van der Waals surface area contributed by atoms with Crippen molar-refractivity contribution in [3.05, 3.63) is 0 Å². The fourth-order valence-electron chi connectivity index (χ4n) is 1.17. The van der Waals surface area contributed by atoms with Gasteiger partial charge in [0.2, 0.25) is 0 Å². The van der Waals surface area contributed by atoms with Crippen LogP contribution in [0.15, 0.2) is 0 Å². The first kappa shape index (κ1) is 17.2. The van der Waals surface area contributed by atoms with Crippen LogP contribution in [0, 0.1) is 11.8 Å². The lowest BCUT2D eigenvalue weighted by atomic mass is 10.2. The van der Waals surface area contributed by atoms with E-state index in [1.807, 2.05) is 34.6 Å². The van der Waals surface area contributed by atoms with Crippen LogP contribution in [0.3, 0.4) is 0 Å². The van der Waals surface area contributed by atoms with Gasteiger partial charge in [-0.2, -0.15) is 0 Å². The largest absolute Gasteiger partial charge is 0.444 e. The van der Waals surface area contributed by atoms with Crippen molar-refractivity contribution >= 4 is 6.09 Å². The predicted molar refractivity (Wildman–Crippen MR) is 72.4 cm³/mol. The molecule has 18 heavy (non-hydrogen) atoms. The second-order valence-corrected chi connectivity index (χ2v) is 5.87. The van der Waals surface area contributed by atoms with E-state index in [9.17, 15) is 4.79 Å². The number of nitrogens with two attached hydrogens (primary N) is 1. The van der Waals surface area contributed by atoms with E-state index in [1.165, 1.54) is 0 Å². The topological polar surface area (TPSA) is 73.6 Å². The van der Waals surface area contributed by atoms with Gasteiger partial charge in [0.15, 0.2) is 0 Å². The van der Waals surface area contributed by atoms with Crippen LogP contribution in [0.25, 0.3) is 0 Å². The van der Waals surface area contributed by atoms with Crippen LogP contribution in [0.4, 0.5) is 4.79 Å². The smallest absolute Gasteiger partial charge is 0.407 e. The molecule has 0 aliphatic heterocycles. The molecule has 0 heterocycles. The Hall–Kier alpha value is -0.810. The number of hydrogen-bond acceptors (Lipinski definition) is 4. The van der Waals surface area contributed by atoms with E-state index < -0.39 is 5.60 Å². The molecule has 2 unspecified atom stereocenters. The van der Waals surface area contributed by atoms with Gasteiger partial charge in [-0.3, -0.25) is 0 Å². The molecule has 0 aromatic rings. The Bertz CT molecular complexity index is 239. The molecular weight excluding hydrogens is 232 g/mol. The number of rotatable bonds is 7. The minimum Gasteiger partial charge on any atom is -0.444 e. The molecule has 0 aliphatic carbocycles. The van der Waals surface area contributed by atoms with E-state index in [0.29, 0.717) is 32.2 Å². The van der Waals surface area contributed by atoms with Crippen molar-refractivity contribution in [3.63, 3.8) is 0 Å². The van der Waals surface area contributed by atoms with Gasteiger partial charge in [0.25, 0.3) is 0 Å². The number of nitrogens with one attached hydrogen (secondary N) is 1. The summed E-state index contributed by atoms with van der Waals surface area (Å²) in [6.07, 6.45) is -0.385. The Morgan fingerprint density at radius 2 is 1.78 bits per heavy atom. The molecule has 0 aliphatic rings. The maximum absolute atomic E-state index is 11.4. The number of alkyl carbamates (subject to hydrolysis) is 1. The highest BCUT2D eigenvalue weighted by Gasteiger charge is 2.16. The van der Waals surface area contributed by atoms with Gasteiger partial charge >= 0.3 is 6.09 Å². The van der Waals surface area contributed by atoms with Crippen molar-refractivity contribution in [3.8, 4) is 0 Å². The molecule has 2 atom stereocenters. The summed E-state index contributed by atoms with van der Waals surface area (Å²) in [5.41, 5.74) is 5.03. The van der Waals surface area contributed by atoms with Gasteiger partial charge in [-0.25, -0.2) is 4.79 Å². The maximum atomic E-state index is 11.4. The molecule has 0 rings (SSSR count). The minimum atomic E-state index is -0.458. The molecule has 1 amide bonds. The maximum Gasteiger partial charge on any atom is 0.407 e. The summed E-state index contributed by atoms with van der Waals surface area (Å²) in [6.45, 7) is 12.0. The molecular formula is C13H28N2O3. The van der Waals surface area contributed by atoms with E-state index in [-0.39, 0.29) is 12.0 Å². The molecule has 0 spiro atoms. The van der Waals surface area contributed by atoms with Gasteiger partial charge < -0.3 is 20.5 Å². The Labute approximate surface area is 110 Å². The van der Waals surface area contributed by atoms with Crippen molar-refractivity contribution in [2.45, 2.75) is 40.2 Å². The monoisotopic (exact) mass is 260 g/mol. The van der Waals surface area contributed by atoms with Gasteiger partial charge in [0, 0.05) is 6.54 Å². The third kappa shape index (κ3) is 10.4. The van der Waals surface area contributed by atoms with Gasteiger partial charge in [-0.1, -0.05) is 13.8 Å². The van der Waals surface area contributed by atoms with Gasteiger partial charge in [-0.15, -0.1) is 0 Å². The zero-order chi connectivity index (χ0) is 14.2. The SMILES string of the molecule is CC(CN)COCC(C)CNC(=O)OC(C)(C)C. The second kappa shape index (κ2) is 8.32. The average Bonchev–Trinajstić information content (AvgIpc) is 2.23. The molecule has 5 nitrogen and oxygen atoms in total. The third-order valence-corrected chi connectivity index (χ3v) is 2.20. The van der Waals surface area contributed by atoms with Crippen molar-refractivity contribution in [1.82, 2.24) is 5.32 Å². The highest BCUT2D eigenvalue weighted by atomic mass is 16.6. The zero-order valence-electron chi connectivity index (χ0n) is 12.3. The van der Waals surface area contributed by atoms with Crippen LogP contribution in [-0.2, 0) is 9.47 Å². The summed E-state index contributed by atoms with van der Waals surface area (Å²) in [4.78, 5) is 11.4. The third-order valence-electron chi connectivity index (χ3n) is 2.20. The summed E-state index contributed by atoms with van der Waals surface area (Å²) in [7, 11) is 0. The second-order valence-electron chi connectivity index (χ2n) is 5.87. The quantitative estimate of drug-likeness (QED) is 0.731. The lowest BCUT2D eigenvalue weighted by Gasteiger charge is -2.21. The molecule has 0 fully saturated rings. The Morgan fingerprint density at radius 3 is 2.28 bits per heavy atom. The molecule has 0 aromatic carbocycles. The predicted octanol–water partition coefficient (Wildman–Crippen LogP) is 1.76. The summed E-state index contributed by atoms with van der Waals surface area (Å²) in [5, 5.41) is 2.73. The van der Waals surface area contributed by atoms with Crippen LogP contribution in [0.2, 0.25) is 0 Å². The van der Waals surface area contributed by atoms with Crippen molar-refractivity contribution < 1.29 is 14.3 Å². The summed E-state index contributed by atoms with van der Waals surface area (Å²) in [6, 6.07) is 0. The number of carbonyl (C=O) groups is 1. The molecule has 0 saturated heterocycles. The van der Waals surface area contributed by atoms with E-state index >= 15 is 0 Å². The van der Waals surface area contributed by atoms with Gasteiger partial charge in [0.1, 0.15) is 5.60 Å². The molecule has 108 valence electrons. The summed E-state index contributed by atoms with van der Waals surface area (Å²) >= 11 is 0. The Morgan fingerprint density at radius 1 is 1.22 bits per heavy atom. The fraction of sp³-hybridized carbons (Fsp3) is 0.923. The van der Waals surface area contributed by atoms with E-state index in [1.54, 1.807) is 0 Å². The standard InChI is InChI=1S/C13H28N2O3/c1-10(6-14)8-17-9-11(2)7-15-12(16)18-13(3,4)5/h10-11H,6-9,14H2,1-5H3,(H,15,16). The highest BCUT2D eigenvalue weighted by molar-refractivity contribution is 5.67. The molecule has 3 N–H and O–H groups in total. The Balaban J connectivity index is 3.64. The van der Waals surface area contributed by atoms with Crippen LogP contribution in [0.5, 0.6) is 0 Å². The average molecular weight is 260 g/mol. The van der Waals surface area contributed by atoms with Crippen LogP contribution < -0.4 is 11.1 Å². The summed E-state index contributed by atoms with van der Waals surface area (Å²) in [5.74, 6) is 0.624. The normalized spacial score (nSPS) is 15.0. The lowest BCUT2D eigenvalue weighted by Crippen LogP contribution is -2.35. The number of carbonyl (C=O) groups excluding carboxylic acids is 1. The number of hydrogen-bond donors (Lipinski definition) is 2. The first-order chi connectivity index (χ1) is 8.24.